The van der Waals surface area contributed by atoms with Crippen molar-refractivity contribution in [2.45, 2.75) is 13.8 Å². The number of nitrogens with two attached hydrogens (primary N) is 1. The fourth-order valence-electron chi connectivity index (χ4n) is 2.54. The molecule has 24 heavy (non-hydrogen) atoms. The highest BCUT2D eigenvalue weighted by atomic mass is 15.3. The molecule has 0 unspecified atom stereocenters. The SMILES string of the molecule is Cc1ccc(-c2ccc(-c3cn4nc(N)ccc4n3)nn2)cc1C. The molecule has 0 spiro atoms. The quantitative estimate of drug-likeness (QED) is 0.614. The lowest BCUT2D eigenvalue weighted by molar-refractivity contribution is 0.945. The minimum atomic E-state index is 0.447. The molecule has 6 heteroatoms. The van der Waals surface area contributed by atoms with Crippen molar-refractivity contribution >= 4 is 11.5 Å². The summed E-state index contributed by atoms with van der Waals surface area (Å²) in [5, 5.41) is 12.8. The van der Waals surface area contributed by atoms with Crippen LogP contribution >= 0.6 is 0 Å². The van der Waals surface area contributed by atoms with Crippen molar-refractivity contribution in [3.05, 3.63) is 59.8 Å². The highest BCUT2D eigenvalue weighted by molar-refractivity contribution is 5.64. The molecule has 0 aliphatic heterocycles. The first kappa shape index (κ1) is 14.3. The Labute approximate surface area is 139 Å². The zero-order chi connectivity index (χ0) is 16.7. The second kappa shape index (κ2) is 5.42. The highest BCUT2D eigenvalue weighted by Crippen LogP contribution is 2.22. The lowest BCUT2D eigenvalue weighted by Crippen LogP contribution is -1.95. The van der Waals surface area contributed by atoms with E-state index in [1.54, 1.807) is 16.8 Å². The maximum absolute atomic E-state index is 5.69. The van der Waals surface area contributed by atoms with Crippen LogP contribution in [0, 0.1) is 13.8 Å². The van der Waals surface area contributed by atoms with Crippen molar-refractivity contribution in [1.29, 1.82) is 0 Å². The monoisotopic (exact) mass is 316 g/mol. The van der Waals surface area contributed by atoms with Crippen LogP contribution in [0.5, 0.6) is 0 Å². The van der Waals surface area contributed by atoms with Crippen LogP contribution < -0.4 is 5.73 Å². The fourth-order valence-corrected chi connectivity index (χ4v) is 2.54. The van der Waals surface area contributed by atoms with E-state index in [2.05, 4.69) is 52.3 Å². The van der Waals surface area contributed by atoms with Crippen LogP contribution in [-0.4, -0.2) is 24.8 Å². The number of nitrogens with zero attached hydrogens (tertiary/aromatic N) is 5. The van der Waals surface area contributed by atoms with Gasteiger partial charge < -0.3 is 5.73 Å². The Morgan fingerprint density at radius 3 is 2.38 bits per heavy atom. The molecule has 0 bridgehead atoms. The van der Waals surface area contributed by atoms with Gasteiger partial charge in [0.15, 0.2) is 5.65 Å². The summed E-state index contributed by atoms with van der Waals surface area (Å²) in [4.78, 5) is 4.49. The largest absolute Gasteiger partial charge is 0.382 e. The Bertz CT molecular complexity index is 1030. The number of nitrogen functional groups attached to an aromatic ring is 1. The molecular weight excluding hydrogens is 300 g/mol. The molecule has 4 rings (SSSR count). The average molecular weight is 316 g/mol. The summed E-state index contributed by atoms with van der Waals surface area (Å²) in [6.07, 6.45) is 1.80. The summed E-state index contributed by atoms with van der Waals surface area (Å²) < 4.78 is 1.64. The van der Waals surface area contributed by atoms with E-state index in [1.807, 2.05) is 18.2 Å². The van der Waals surface area contributed by atoms with E-state index in [0.717, 1.165) is 16.9 Å². The van der Waals surface area contributed by atoms with E-state index in [9.17, 15) is 0 Å². The summed E-state index contributed by atoms with van der Waals surface area (Å²) in [5.41, 5.74) is 12.2. The molecule has 0 radical (unpaired) electrons. The number of hydrogen-bond donors (Lipinski definition) is 1. The van der Waals surface area contributed by atoms with Gasteiger partial charge in [-0.25, -0.2) is 9.50 Å². The van der Waals surface area contributed by atoms with E-state index >= 15 is 0 Å². The normalized spacial score (nSPS) is 11.1. The summed E-state index contributed by atoms with van der Waals surface area (Å²) >= 11 is 0. The van der Waals surface area contributed by atoms with Crippen molar-refractivity contribution in [1.82, 2.24) is 24.8 Å². The number of hydrogen-bond acceptors (Lipinski definition) is 5. The topological polar surface area (TPSA) is 82.0 Å². The van der Waals surface area contributed by atoms with Gasteiger partial charge >= 0.3 is 0 Å². The molecule has 3 heterocycles. The molecule has 2 N–H and O–H groups in total. The first-order valence-electron chi connectivity index (χ1n) is 7.64. The van der Waals surface area contributed by atoms with E-state index in [4.69, 9.17) is 5.73 Å². The summed E-state index contributed by atoms with van der Waals surface area (Å²) in [6.45, 7) is 4.19. The van der Waals surface area contributed by atoms with Gasteiger partial charge in [0.1, 0.15) is 17.2 Å². The Morgan fingerprint density at radius 1 is 0.833 bits per heavy atom. The summed E-state index contributed by atoms with van der Waals surface area (Å²) in [5.74, 6) is 0.447. The summed E-state index contributed by atoms with van der Waals surface area (Å²) in [6, 6.07) is 13.7. The average Bonchev–Trinajstić information content (AvgIpc) is 3.00. The Kier molecular flexibility index (Phi) is 3.23. The van der Waals surface area contributed by atoms with Gasteiger partial charge in [-0.3, -0.25) is 0 Å². The molecule has 0 aliphatic carbocycles. The number of benzene rings is 1. The van der Waals surface area contributed by atoms with Gasteiger partial charge in [0.05, 0.1) is 11.9 Å². The zero-order valence-electron chi connectivity index (χ0n) is 13.4. The molecule has 3 aromatic heterocycles. The molecule has 118 valence electrons. The third-order valence-electron chi connectivity index (χ3n) is 4.07. The van der Waals surface area contributed by atoms with Crippen LogP contribution in [0.2, 0.25) is 0 Å². The second-order valence-electron chi connectivity index (χ2n) is 5.79. The van der Waals surface area contributed by atoms with Gasteiger partial charge in [-0.1, -0.05) is 12.1 Å². The molecule has 0 saturated heterocycles. The van der Waals surface area contributed by atoms with E-state index < -0.39 is 0 Å². The Morgan fingerprint density at radius 2 is 1.62 bits per heavy atom. The van der Waals surface area contributed by atoms with E-state index in [0.29, 0.717) is 17.2 Å². The van der Waals surface area contributed by atoms with Crippen molar-refractivity contribution in [3.63, 3.8) is 0 Å². The minimum Gasteiger partial charge on any atom is -0.382 e. The molecule has 4 aromatic rings. The number of rotatable bonds is 2. The van der Waals surface area contributed by atoms with Crippen LogP contribution in [0.25, 0.3) is 28.3 Å². The van der Waals surface area contributed by atoms with Gasteiger partial charge in [0, 0.05) is 5.56 Å². The van der Waals surface area contributed by atoms with Gasteiger partial charge in [-0.2, -0.15) is 0 Å². The maximum Gasteiger partial charge on any atom is 0.154 e. The van der Waals surface area contributed by atoms with E-state index in [-0.39, 0.29) is 0 Å². The Hall–Kier alpha value is -3.28. The first-order valence-corrected chi connectivity index (χ1v) is 7.64. The lowest BCUT2D eigenvalue weighted by Gasteiger charge is -2.04. The van der Waals surface area contributed by atoms with Gasteiger partial charge in [-0.15, -0.1) is 15.3 Å². The second-order valence-corrected chi connectivity index (χ2v) is 5.79. The van der Waals surface area contributed by atoms with Crippen LogP contribution in [0.4, 0.5) is 5.82 Å². The van der Waals surface area contributed by atoms with E-state index in [1.165, 1.54) is 11.1 Å². The standard InChI is InChI=1S/C18H16N6/c1-11-3-4-13(9-12(11)2)14-5-6-15(22-21-14)16-10-24-18(20-16)8-7-17(19)23-24/h3-10H,1-2H3,(H2,19,23). The van der Waals surface area contributed by atoms with Crippen LogP contribution in [0.3, 0.4) is 0 Å². The molecule has 0 amide bonds. The predicted molar refractivity (Wildman–Crippen MR) is 93.3 cm³/mol. The molecule has 6 nitrogen and oxygen atoms in total. The third kappa shape index (κ3) is 2.48. The molecule has 0 aliphatic rings. The van der Waals surface area contributed by atoms with Crippen molar-refractivity contribution in [2.24, 2.45) is 0 Å². The van der Waals surface area contributed by atoms with Crippen LogP contribution in [-0.2, 0) is 0 Å². The molecule has 1 aromatic carbocycles. The number of anilines is 1. The minimum absolute atomic E-state index is 0.447. The predicted octanol–water partition coefficient (Wildman–Crippen LogP) is 3.05. The number of aryl methyl sites for hydroxylation is 2. The van der Waals surface area contributed by atoms with Gasteiger partial charge in [0.2, 0.25) is 0 Å². The highest BCUT2D eigenvalue weighted by Gasteiger charge is 2.09. The van der Waals surface area contributed by atoms with Crippen molar-refractivity contribution < 1.29 is 0 Å². The first-order chi connectivity index (χ1) is 11.6. The Balaban J connectivity index is 1.70. The number of imidazole rings is 1. The summed E-state index contributed by atoms with van der Waals surface area (Å²) in [7, 11) is 0. The molecular formula is C18H16N6. The number of fused-ring (bicyclic) bond motifs is 1. The van der Waals surface area contributed by atoms with Gasteiger partial charge in [0.25, 0.3) is 0 Å². The smallest absolute Gasteiger partial charge is 0.154 e. The van der Waals surface area contributed by atoms with Crippen LogP contribution in [0.1, 0.15) is 11.1 Å². The maximum atomic E-state index is 5.69. The van der Waals surface area contributed by atoms with Crippen molar-refractivity contribution in [2.75, 3.05) is 5.73 Å². The molecule has 0 atom stereocenters. The van der Waals surface area contributed by atoms with Crippen LogP contribution in [0.15, 0.2) is 48.7 Å². The third-order valence-corrected chi connectivity index (χ3v) is 4.07. The molecule has 0 fully saturated rings. The van der Waals surface area contributed by atoms with Crippen molar-refractivity contribution in [3.8, 4) is 22.6 Å². The fraction of sp³-hybridized carbons (Fsp3) is 0.111. The molecule has 0 saturated carbocycles. The van der Waals surface area contributed by atoms with Gasteiger partial charge in [-0.05, 0) is 55.3 Å². The zero-order valence-corrected chi connectivity index (χ0v) is 13.4. The lowest BCUT2D eigenvalue weighted by atomic mass is 10.0. The number of aromatic nitrogens is 5.